The summed E-state index contributed by atoms with van der Waals surface area (Å²) < 4.78 is 69.6. The fourth-order valence-electron chi connectivity index (χ4n) is 4.60. The van der Waals surface area contributed by atoms with Gasteiger partial charge in [0.2, 0.25) is 0 Å². The average Bonchev–Trinajstić information content (AvgIpc) is 2.80. The molecule has 0 aliphatic heterocycles. The maximum atomic E-state index is 14.9. The van der Waals surface area contributed by atoms with Crippen LogP contribution in [0, 0.1) is 40.9 Å². The van der Waals surface area contributed by atoms with E-state index in [-0.39, 0.29) is 17.0 Å². The summed E-state index contributed by atoms with van der Waals surface area (Å²) >= 11 is 0. The fraction of sp³-hybridized carbons (Fsp3) is 0.310. The van der Waals surface area contributed by atoms with Crippen LogP contribution in [-0.4, -0.2) is 0 Å². The van der Waals surface area contributed by atoms with Gasteiger partial charge in [-0.2, -0.15) is 0 Å². The van der Waals surface area contributed by atoms with Crippen molar-refractivity contribution in [1.29, 1.82) is 0 Å². The van der Waals surface area contributed by atoms with Crippen molar-refractivity contribution in [3.63, 3.8) is 0 Å². The standard InChI is InChI=1S/C29H25F5/c1-2-3-4-5-19-13-24(30)28(25(31)14-19)23-11-10-21-12-18(8-9-22(21)17-23)6-7-20-15-26(32)29(34)27(33)16-20/h8-9,12-16,23H,2-5,10-11,17H2,1H3. The smallest absolute Gasteiger partial charge is 0.194 e. The molecule has 0 saturated heterocycles. The fourth-order valence-corrected chi connectivity index (χ4v) is 4.60. The van der Waals surface area contributed by atoms with Gasteiger partial charge >= 0.3 is 0 Å². The molecule has 0 amide bonds. The minimum atomic E-state index is -1.52. The summed E-state index contributed by atoms with van der Waals surface area (Å²) in [6.07, 6.45) is 5.47. The van der Waals surface area contributed by atoms with Crippen LogP contribution in [-0.2, 0) is 19.3 Å². The van der Waals surface area contributed by atoms with Crippen molar-refractivity contribution in [3.05, 3.63) is 105 Å². The molecule has 1 aliphatic carbocycles. The molecule has 0 spiro atoms. The second-order valence-corrected chi connectivity index (χ2v) is 8.86. The van der Waals surface area contributed by atoms with Crippen LogP contribution >= 0.6 is 0 Å². The Labute approximate surface area is 196 Å². The summed E-state index contributed by atoms with van der Waals surface area (Å²) in [7, 11) is 0. The highest BCUT2D eigenvalue weighted by molar-refractivity contribution is 5.47. The Bertz CT molecular complexity index is 1220. The summed E-state index contributed by atoms with van der Waals surface area (Å²) in [4.78, 5) is 0. The van der Waals surface area contributed by atoms with Crippen LogP contribution in [0.2, 0.25) is 0 Å². The van der Waals surface area contributed by atoms with E-state index in [4.69, 9.17) is 0 Å². The van der Waals surface area contributed by atoms with Gasteiger partial charge in [0.05, 0.1) is 0 Å². The van der Waals surface area contributed by atoms with Gasteiger partial charge in [-0.05, 0) is 91.1 Å². The van der Waals surface area contributed by atoms with Crippen LogP contribution in [0.5, 0.6) is 0 Å². The zero-order valence-electron chi connectivity index (χ0n) is 19.0. The number of aryl methyl sites for hydroxylation is 2. The minimum Gasteiger partial charge on any atom is -0.207 e. The Morgan fingerprint density at radius 2 is 1.44 bits per heavy atom. The Morgan fingerprint density at radius 1 is 0.765 bits per heavy atom. The third-order valence-electron chi connectivity index (χ3n) is 6.39. The van der Waals surface area contributed by atoms with Gasteiger partial charge in [-0.1, -0.05) is 37.7 Å². The third kappa shape index (κ3) is 5.33. The molecule has 0 saturated carbocycles. The molecule has 0 bridgehead atoms. The molecule has 34 heavy (non-hydrogen) atoms. The van der Waals surface area contributed by atoms with Crippen molar-refractivity contribution in [1.82, 2.24) is 0 Å². The van der Waals surface area contributed by atoms with E-state index in [9.17, 15) is 22.0 Å². The Hall–Kier alpha value is -3.13. The second-order valence-electron chi connectivity index (χ2n) is 8.86. The molecule has 1 aliphatic rings. The van der Waals surface area contributed by atoms with Crippen LogP contribution in [0.25, 0.3) is 0 Å². The van der Waals surface area contributed by atoms with Gasteiger partial charge < -0.3 is 0 Å². The van der Waals surface area contributed by atoms with Crippen molar-refractivity contribution < 1.29 is 22.0 Å². The van der Waals surface area contributed by atoms with Crippen LogP contribution in [0.3, 0.4) is 0 Å². The molecular weight excluding hydrogens is 443 g/mol. The van der Waals surface area contributed by atoms with Crippen molar-refractivity contribution in [2.45, 2.75) is 57.8 Å². The number of fused-ring (bicyclic) bond motifs is 1. The normalized spacial score (nSPS) is 14.9. The monoisotopic (exact) mass is 468 g/mol. The molecule has 5 heteroatoms. The van der Waals surface area contributed by atoms with Crippen molar-refractivity contribution in [3.8, 4) is 11.8 Å². The summed E-state index contributed by atoms with van der Waals surface area (Å²) in [5.74, 6) is 0.236. The van der Waals surface area contributed by atoms with E-state index in [0.717, 1.165) is 42.5 Å². The van der Waals surface area contributed by atoms with Gasteiger partial charge in [0.25, 0.3) is 0 Å². The Balaban J connectivity index is 1.51. The maximum Gasteiger partial charge on any atom is 0.194 e. The maximum absolute atomic E-state index is 14.9. The van der Waals surface area contributed by atoms with Crippen LogP contribution < -0.4 is 0 Å². The van der Waals surface area contributed by atoms with Crippen molar-refractivity contribution in [2.24, 2.45) is 0 Å². The zero-order valence-corrected chi connectivity index (χ0v) is 19.0. The highest BCUT2D eigenvalue weighted by Gasteiger charge is 2.26. The molecule has 0 N–H and O–H groups in total. The van der Waals surface area contributed by atoms with Gasteiger partial charge in [0, 0.05) is 16.7 Å². The Morgan fingerprint density at radius 3 is 2.12 bits per heavy atom. The SMILES string of the molecule is CCCCCc1cc(F)c(C2CCc3cc(C#Cc4cc(F)c(F)c(F)c4)ccc3C2)c(F)c1. The molecule has 3 aromatic rings. The number of halogens is 5. The molecule has 0 radical (unpaired) electrons. The molecule has 4 rings (SSSR count). The molecule has 0 nitrogen and oxygen atoms in total. The van der Waals surface area contributed by atoms with Crippen LogP contribution in [0.4, 0.5) is 22.0 Å². The first kappa shape index (κ1) is 24.0. The van der Waals surface area contributed by atoms with Crippen molar-refractivity contribution in [2.75, 3.05) is 0 Å². The van der Waals surface area contributed by atoms with Gasteiger partial charge in [-0.3, -0.25) is 0 Å². The summed E-state index contributed by atoms with van der Waals surface area (Å²) in [5.41, 5.74) is 3.60. The zero-order chi connectivity index (χ0) is 24.2. The van der Waals surface area contributed by atoms with Gasteiger partial charge in [0.15, 0.2) is 17.5 Å². The molecule has 0 aromatic heterocycles. The first-order chi connectivity index (χ1) is 16.4. The molecule has 176 valence electrons. The van der Waals surface area contributed by atoms with Gasteiger partial charge in [0.1, 0.15) is 11.6 Å². The van der Waals surface area contributed by atoms with E-state index < -0.39 is 29.1 Å². The number of unbranched alkanes of at least 4 members (excludes halogenated alkanes) is 2. The lowest BCUT2D eigenvalue weighted by atomic mass is 9.79. The highest BCUT2D eigenvalue weighted by Crippen LogP contribution is 2.36. The molecule has 0 heterocycles. The predicted molar refractivity (Wildman–Crippen MR) is 123 cm³/mol. The summed E-state index contributed by atoms with van der Waals surface area (Å²) in [5, 5.41) is 0. The summed E-state index contributed by atoms with van der Waals surface area (Å²) in [6.45, 7) is 2.09. The molecular formula is C29H25F5. The van der Waals surface area contributed by atoms with Crippen molar-refractivity contribution >= 4 is 0 Å². The molecule has 1 atom stereocenters. The van der Waals surface area contributed by atoms with E-state index in [2.05, 4.69) is 18.8 Å². The van der Waals surface area contributed by atoms with Crippen LogP contribution in [0.1, 0.15) is 71.9 Å². The number of hydrogen-bond donors (Lipinski definition) is 0. The number of rotatable bonds is 5. The lowest BCUT2D eigenvalue weighted by molar-refractivity contribution is 0.446. The predicted octanol–water partition coefficient (Wildman–Crippen LogP) is 7.79. The lowest BCUT2D eigenvalue weighted by Crippen LogP contribution is -2.16. The molecule has 3 aromatic carbocycles. The third-order valence-corrected chi connectivity index (χ3v) is 6.39. The molecule has 0 fully saturated rings. The van der Waals surface area contributed by atoms with E-state index >= 15 is 0 Å². The highest BCUT2D eigenvalue weighted by atomic mass is 19.2. The average molecular weight is 469 g/mol. The molecule has 1 unspecified atom stereocenters. The van der Waals surface area contributed by atoms with Gasteiger partial charge in [-0.25, -0.2) is 22.0 Å². The quantitative estimate of drug-likeness (QED) is 0.155. The summed E-state index contributed by atoms with van der Waals surface area (Å²) in [6, 6.07) is 10.2. The first-order valence-electron chi connectivity index (χ1n) is 11.6. The number of benzene rings is 3. The lowest BCUT2D eigenvalue weighted by Gasteiger charge is -2.26. The largest absolute Gasteiger partial charge is 0.207 e. The van der Waals surface area contributed by atoms with E-state index in [1.807, 2.05) is 12.1 Å². The first-order valence-corrected chi connectivity index (χ1v) is 11.6. The van der Waals surface area contributed by atoms with E-state index in [1.54, 1.807) is 6.07 Å². The minimum absolute atomic E-state index is 0.0401. The topological polar surface area (TPSA) is 0 Å². The Kier molecular flexibility index (Phi) is 7.36. The second kappa shape index (κ2) is 10.4. The van der Waals surface area contributed by atoms with Crippen LogP contribution in [0.15, 0.2) is 42.5 Å². The van der Waals surface area contributed by atoms with E-state index in [1.165, 1.54) is 12.1 Å². The van der Waals surface area contributed by atoms with Gasteiger partial charge in [-0.15, -0.1) is 0 Å². The number of hydrogen-bond acceptors (Lipinski definition) is 0. The van der Waals surface area contributed by atoms with E-state index in [0.29, 0.717) is 36.8 Å².